The molecule has 1 aromatic heterocycles. The van der Waals surface area contributed by atoms with Crippen LogP contribution in [0.3, 0.4) is 0 Å². The molecule has 2 heterocycles. The van der Waals surface area contributed by atoms with E-state index >= 15 is 0 Å². The molecule has 10 nitrogen and oxygen atoms in total. The number of aliphatic hydroxyl groups is 1. The highest BCUT2D eigenvalue weighted by atomic mass is 16.6. The Bertz CT molecular complexity index is 906. The quantitative estimate of drug-likeness (QED) is 0.727. The third-order valence-corrected chi connectivity index (χ3v) is 5.76. The molecule has 1 aliphatic heterocycles. The first-order valence-corrected chi connectivity index (χ1v) is 11.3. The van der Waals surface area contributed by atoms with Crippen LogP contribution in [0.15, 0.2) is 36.5 Å². The van der Waals surface area contributed by atoms with Crippen LogP contribution in [-0.2, 0) is 22.7 Å². The molecule has 0 saturated carbocycles. The first-order valence-electron chi connectivity index (χ1n) is 11.3. The second-order valence-corrected chi connectivity index (χ2v) is 8.54. The van der Waals surface area contributed by atoms with E-state index in [1.807, 2.05) is 26.1 Å². The number of rotatable bonds is 5. The zero-order valence-electron chi connectivity index (χ0n) is 19.5. The lowest BCUT2D eigenvalue weighted by atomic mass is 10.0. The van der Waals surface area contributed by atoms with Gasteiger partial charge in [-0.1, -0.05) is 30.3 Å². The van der Waals surface area contributed by atoms with E-state index in [1.54, 1.807) is 40.9 Å². The number of nitrogens with zero attached hydrogens (tertiary/aromatic N) is 5. The largest absolute Gasteiger partial charge is 0.415 e. The van der Waals surface area contributed by atoms with Crippen molar-refractivity contribution >= 4 is 12.0 Å². The number of carbonyl (C=O) groups excluding carboxylic acids is 2. The van der Waals surface area contributed by atoms with Gasteiger partial charge in [0.15, 0.2) is 0 Å². The molecule has 0 radical (unpaired) electrons. The second-order valence-electron chi connectivity index (χ2n) is 8.54. The van der Waals surface area contributed by atoms with E-state index in [2.05, 4.69) is 10.3 Å². The van der Waals surface area contributed by atoms with Crippen LogP contribution in [0.25, 0.3) is 0 Å². The standard InChI is InChI=1S/C23H33N5O5/c1-17-12-28(18(2)15-29)22(30)10-7-11-27-13-19(24-25-27)16-32-21(17)14-26(3)23(31)33-20-8-5-4-6-9-20/h4-6,8-9,13,17-18,21,29H,7,10-12,14-16H2,1-3H3/t17-,18+,21-/m1/s1. The van der Waals surface area contributed by atoms with E-state index < -0.39 is 12.2 Å². The van der Waals surface area contributed by atoms with Crippen molar-refractivity contribution in [2.24, 2.45) is 5.92 Å². The topological polar surface area (TPSA) is 110 Å². The molecule has 2 aromatic rings. The maximum Gasteiger partial charge on any atom is 0.415 e. The highest BCUT2D eigenvalue weighted by Gasteiger charge is 2.29. The molecule has 0 aliphatic carbocycles. The van der Waals surface area contributed by atoms with E-state index in [-0.39, 0.29) is 37.6 Å². The van der Waals surface area contributed by atoms with Gasteiger partial charge in [-0.25, -0.2) is 4.79 Å². The number of hydrogen-bond donors (Lipinski definition) is 1. The van der Waals surface area contributed by atoms with E-state index in [4.69, 9.17) is 9.47 Å². The summed E-state index contributed by atoms with van der Waals surface area (Å²) in [5.74, 6) is 0.313. The molecular formula is C23H33N5O5. The van der Waals surface area contributed by atoms with Gasteiger partial charge in [0, 0.05) is 32.5 Å². The molecule has 3 rings (SSSR count). The number of benzene rings is 1. The summed E-state index contributed by atoms with van der Waals surface area (Å²) in [6.45, 7) is 5.15. The Morgan fingerprint density at radius 1 is 1.36 bits per heavy atom. The number of aromatic nitrogens is 3. The summed E-state index contributed by atoms with van der Waals surface area (Å²) in [5.41, 5.74) is 0.688. The number of amides is 2. The molecule has 3 atom stereocenters. The molecule has 10 heteroatoms. The van der Waals surface area contributed by atoms with Crippen LogP contribution in [0, 0.1) is 5.92 Å². The average Bonchev–Trinajstić information content (AvgIpc) is 3.27. The summed E-state index contributed by atoms with van der Waals surface area (Å²) < 4.78 is 13.3. The third-order valence-electron chi connectivity index (χ3n) is 5.76. The van der Waals surface area contributed by atoms with Gasteiger partial charge in [-0.05, 0) is 25.5 Å². The predicted octanol–water partition coefficient (Wildman–Crippen LogP) is 1.93. The first-order chi connectivity index (χ1) is 15.9. The van der Waals surface area contributed by atoms with Crippen LogP contribution < -0.4 is 4.74 Å². The SMILES string of the molecule is C[C@@H]1CN([C@@H](C)CO)C(=O)CCCn2cc(nn2)CO[C@@H]1CN(C)C(=O)Oc1ccccc1. The van der Waals surface area contributed by atoms with E-state index in [9.17, 15) is 14.7 Å². The van der Waals surface area contributed by atoms with Crippen LogP contribution in [0.1, 0.15) is 32.4 Å². The number of hydrogen-bond acceptors (Lipinski definition) is 7. The van der Waals surface area contributed by atoms with Crippen molar-refractivity contribution in [3.63, 3.8) is 0 Å². The van der Waals surface area contributed by atoms with Crippen molar-refractivity contribution in [2.45, 2.75) is 52.0 Å². The predicted molar refractivity (Wildman–Crippen MR) is 120 cm³/mol. The van der Waals surface area contributed by atoms with Gasteiger partial charge in [0.2, 0.25) is 5.91 Å². The number of fused-ring (bicyclic) bond motifs is 2. The maximum atomic E-state index is 12.9. The molecule has 33 heavy (non-hydrogen) atoms. The summed E-state index contributed by atoms with van der Waals surface area (Å²) in [5, 5.41) is 17.9. The van der Waals surface area contributed by atoms with Crippen LogP contribution in [0.5, 0.6) is 5.75 Å². The van der Waals surface area contributed by atoms with E-state index in [0.29, 0.717) is 37.4 Å². The molecule has 0 saturated heterocycles. The lowest BCUT2D eigenvalue weighted by molar-refractivity contribution is -0.136. The van der Waals surface area contributed by atoms with Gasteiger partial charge in [-0.3, -0.25) is 9.48 Å². The van der Waals surface area contributed by atoms with Gasteiger partial charge in [-0.15, -0.1) is 5.10 Å². The number of aryl methyl sites for hydroxylation is 1. The summed E-state index contributed by atoms with van der Waals surface area (Å²) in [6, 6.07) is 8.55. The smallest absolute Gasteiger partial charge is 0.410 e. The molecule has 0 fully saturated rings. The Balaban J connectivity index is 1.75. The molecule has 1 aromatic carbocycles. The molecule has 0 unspecified atom stereocenters. The fourth-order valence-corrected chi connectivity index (χ4v) is 3.70. The fourth-order valence-electron chi connectivity index (χ4n) is 3.70. The van der Waals surface area contributed by atoms with Gasteiger partial charge in [-0.2, -0.15) is 0 Å². The molecule has 1 aliphatic rings. The number of para-hydroxylation sites is 1. The molecule has 1 N–H and O–H groups in total. The molecule has 2 bridgehead atoms. The van der Waals surface area contributed by atoms with Crippen molar-refractivity contribution < 1.29 is 24.2 Å². The van der Waals surface area contributed by atoms with Crippen molar-refractivity contribution in [3.05, 3.63) is 42.2 Å². The number of aliphatic hydroxyl groups excluding tert-OH is 1. The van der Waals surface area contributed by atoms with Gasteiger partial charge in [0.25, 0.3) is 0 Å². The monoisotopic (exact) mass is 459 g/mol. The van der Waals surface area contributed by atoms with Crippen molar-refractivity contribution in [1.29, 1.82) is 0 Å². The minimum Gasteiger partial charge on any atom is -0.410 e. The number of likely N-dealkylation sites (N-methyl/N-ethyl adjacent to an activating group) is 1. The van der Waals surface area contributed by atoms with Crippen LogP contribution in [-0.4, -0.2) is 80.8 Å². The Hall–Kier alpha value is -2.98. The van der Waals surface area contributed by atoms with Gasteiger partial charge in [0.1, 0.15) is 11.4 Å². The van der Waals surface area contributed by atoms with Gasteiger partial charge >= 0.3 is 6.09 Å². The summed E-state index contributed by atoms with van der Waals surface area (Å²) >= 11 is 0. The highest BCUT2D eigenvalue weighted by molar-refractivity contribution is 5.76. The van der Waals surface area contributed by atoms with Crippen molar-refractivity contribution in [2.75, 3.05) is 26.7 Å². The Morgan fingerprint density at radius 2 is 2.12 bits per heavy atom. The molecule has 0 spiro atoms. The van der Waals surface area contributed by atoms with Crippen LogP contribution in [0.2, 0.25) is 0 Å². The van der Waals surface area contributed by atoms with Crippen molar-refractivity contribution in [3.8, 4) is 5.75 Å². The minimum absolute atomic E-state index is 0.0291. The van der Waals surface area contributed by atoms with E-state index in [0.717, 1.165) is 0 Å². The minimum atomic E-state index is -0.498. The first kappa shape index (κ1) is 24.7. The lowest BCUT2D eigenvalue weighted by Gasteiger charge is -2.35. The highest BCUT2D eigenvalue weighted by Crippen LogP contribution is 2.18. The second kappa shape index (κ2) is 11.8. The number of ether oxygens (including phenoxy) is 2. The van der Waals surface area contributed by atoms with Gasteiger partial charge < -0.3 is 24.4 Å². The third kappa shape index (κ3) is 7.00. The zero-order chi connectivity index (χ0) is 23.8. The Labute approximate surface area is 194 Å². The fraction of sp³-hybridized carbons (Fsp3) is 0.565. The molecule has 180 valence electrons. The summed E-state index contributed by atoms with van der Waals surface area (Å²) in [4.78, 5) is 28.7. The zero-order valence-corrected chi connectivity index (χ0v) is 19.5. The van der Waals surface area contributed by atoms with Crippen molar-refractivity contribution in [1.82, 2.24) is 24.8 Å². The molecular weight excluding hydrogens is 426 g/mol. The normalized spacial score (nSPS) is 20.8. The molecule has 2 amide bonds. The Kier molecular flexibility index (Phi) is 8.79. The number of carbonyl (C=O) groups is 2. The Morgan fingerprint density at radius 3 is 2.85 bits per heavy atom. The lowest BCUT2D eigenvalue weighted by Crippen LogP contribution is -2.48. The summed E-state index contributed by atoms with van der Waals surface area (Å²) in [6.07, 6.45) is 1.89. The van der Waals surface area contributed by atoms with E-state index in [1.165, 1.54) is 4.90 Å². The average molecular weight is 460 g/mol. The summed E-state index contributed by atoms with van der Waals surface area (Å²) in [7, 11) is 1.65. The van der Waals surface area contributed by atoms with Crippen LogP contribution in [0.4, 0.5) is 4.79 Å². The van der Waals surface area contributed by atoms with Gasteiger partial charge in [0.05, 0.1) is 38.1 Å². The maximum absolute atomic E-state index is 12.9. The van der Waals surface area contributed by atoms with Crippen LogP contribution >= 0.6 is 0 Å².